The average molecular weight is 398 g/mol. The molecule has 1 amide bonds. The molecule has 1 atom stereocenters. The van der Waals surface area contributed by atoms with Crippen LogP contribution in [0.1, 0.15) is 27.8 Å². The number of halogens is 1. The summed E-state index contributed by atoms with van der Waals surface area (Å²) in [6.07, 6.45) is -0.292. The van der Waals surface area contributed by atoms with E-state index in [-0.39, 0.29) is 24.2 Å². The van der Waals surface area contributed by atoms with Crippen molar-refractivity contribution in [1.29, 1.82) is 0 Å². The van der Waals surface area contributed by atoms with Gasteiger partial charge in [0.25, 0.3) is 5.91 Å². The topological polar surface area (TPSA) is 87.5 Å². The third-order valence-electron chi connectivity index (χ3n) is 4.71. The van der Waals surface area contributed by atoms with Gasteiger partial charge in [0.1, 0.15) is 23.4 Å². The fourth-order valence-electron chi connectivity index (χ4n) is 3.16. The van der Waals surface area contributed by atoms with Gasteiger partial charge in [-0.3, -0.25) is 4.79 Å². The van der Waals surface area contributed by atoms with Crippen LogP contribution >= 0.6 is 0 Å². The van der Waals surface area contributed by atoms with Crippen LogP contribution in [0.25, 0.3) is 0 Å². The maximum absolute atomic E-state index is 13.1. The van der Waals surface area contributed by atoms with Crippen LogP contribution in [0, 0.1) is 5.82 Å². The van der Waals surface area contributed by atoms with Crippen LogP contribution in [0.2, 0.25) is 0 Å². The zero-order chi connectivity index (χ0) is 20.4. The summed E-state index contributed by atoms with van der Waals surface area (Å²) in [7, 11) is 3.05. The Bertz CT molecular complexity index is 1040. The zero-order valence-electron chi connectivity index (χ0n) is 15.9. The van der Waals surface area contributed by atoms with Gasteiger partial charge in [-0.15, -0.1) is 5.10 Å². The second-order valence-electron chi connectivity index (χ2n) is 6.44. The smallest absolute Gasteiger partial charge is 0.278 e. The summed E-state index contributed by atoms with van der Waals surface area (Å²) >= 11 is 0. The van der Waals surface area contributed by atoms with Crippen LogP contribution in [-0.2, 0) is 17.9 Å². The number of hydrogen-bond donors (Lipinski definition) is 1. The van der Waals surface area contributed by atoms with Crippen molar-refractivity contribution < 1.29 is 23.4 Å². The summed E-state index contributed by atoms with van der Waals surface area (Å²) < 4.78 is 31.1. The van der Waals surface area contributed by atoms with E-state index >= 15 is 0 Å². The summed E-state index contributed by atoms with van der Waals surface area (Å²) in [5.74, 6) is 0.337. The van der Waals surface area contributed by atoms with E-state index in [0.717, 1.165) is 5.56 Å². The maximum Gasteiger partial charge on any atom is 0.278 e. The van der Waals surface area contributed by atoms with Gasteiger partial charge in [-0.1, -0.05) is 17.3 Å². The highest BCUT2D eigenvalue weighted by atomic mass is 19.1. The van der Waals surface area contributed by atoms with Crippen LogP contribution in [0.15, 0.2) is 42.5 Å². The third-order valence-corrected chi connectivity index (χ3v) is 4.71. The minimum Gasteiger partial charge on any atom is -0.497 e. The lowest BCUT2D eigenvalue weighted by Crippen LogP contribution is -2.24. The molecular weight excluding hydrogens is 379 g/mol. The van der Waals surface area contributed by atoms with E-state index in [0.29, 0.717) is 29.4 Å². The molecule has 4 rings (SSSR count). The van der Waals surface area contributed by atoms with E-state index in [4.69, 9.17) is 14.2 Å². The van der Waals surface area contributed by atoms with Crippen molar-refractivity contribution in [3.8, 4) is 11.5 Å². The maximum atomic E-state index is 13.1. The molecule has 9 heteroatoms. The molecule has 1 aliphatic heterocycles. The van der Waals surface area contributed by atoms with Crippen LogP contribution in [-0.4, -0.2) is 35.1 Å². The van der Waals surface area contributed by atoms with E-state index < -0.39 is 5.91 Å². The number of fused-ring (bicyclic) bond motifs is 1. The number of hydrogen-bond acceptors (Lipinski definition) is 6. The quantitative estimate of drug-likeness (QED) is 0.711. The fraction of sp³-hybridized carbons (Fsp3) is 0.250. The molecule has 0 radical (unpaired) electrons. The lowest BCUT2D eigenvalue weighted by atomic mass is 10.1. The number of carbonyl (C=O) groups excluding carboxylic acids is 1. The Morgan fingerprint density at radius 2 is 2.00 bits per heavy atom. The van der Waals surface area contributed by atoms with Crippen LogP contribution in [0.3, 0.4) is 0 Å². The molecule has 29 heavy (non-hydrogen) atoms. The number of rotatable bonds is 5. The Labute approximate surface area is 166 Å². The Balaban J connectivity index is 1.53. The van der Waals surface area contributed by atoms with Gasteiger partial charge >= 0.3 is 0 Å². The first-order chi connectivity index (χ1) is 14.1. The molecular formula is C20H19FN4O4. The third kappa shape index (κ3) is 3.77. The lowest BCUT2D eigenvalue weighted by Gasteiger charge is -2.24. The first-order valence-electron chi connectivity index (χ1n) is 8.92. The van der Waals surface area contributed by atoms with E-state index in [1.165, 1.54) is 26.4 Å². The van der Waals surface area contributed by atoms with Crippen molar-refractivity contribution in [1.82, 2.24) is 15.0 Å². The number of nitrogens with zero attached hydrogens (tertiary/aromatic N) is 3. The fourth-order valence-corrected chi connectivity index (χ4v) is 3.16. The highest BCUT2D eigenvalue weighted by Crippen LogP contribution is 2.30. The Kier molecular flexibility index (Phi) is 5.13. The van der Waals surface area contributed by atoms with Crippen molar-refractivity contribution in [3.05, 3.63) is 65.2 Å². The molecule has 0 spiro atoms. The normalized spacial score (nSPS) is 15.5. The highest BCUT2D eigenvalue weighted by molar-refractivity contribution is 6.04. The van der Waals surface area contributed by atoms with E-state index in [1.54, 1.807) is 35.0 Å². The van der Waals surface area contributed by atoms with Gasteiger partial charge < -0.3 is 19.5 Å². The van der Waals surface area contributed by atoms with Gasteiger partial charge in [0.2, 0.25) is 0 Å². The summed E-state index contributed by atoms with van der Waals surface area (Å²) in [4.78, 5) is 12.8. The number of methoxy groups -OCH3 is 2. The van der Waals surface area contributed by atoms with Crippen LogP contribution in [0.4, 0.5) is 10.1 Å². The van der Waals surface area contributed by atoms with E-state index in [9.17, 15) is 9.18 Å². The average Bonchev–Trinajstić information content (AvgIpc) is 3.17. The Hall–Kier alpha value is -3.46. The summed E-state index contributed by atoms with van der Waals surface area (Å²) in [5, 5.41) is 10.9. The molecule has 0 saturated heterocycles. The highest BCUT2D eigenvalue weighted by Gasteiger charge is 2.28. The first kappa shape index (κ1) is 18.9. The van der Waals surface area contributed by atoms with Crippen molar-refractivity contribution in [3.63, 3.8) is 0 Å². The molecule has 1 aliphatic rings. The van der Waals surface area contributed by atoms with Gasteiger partial charge in [-0.05, 0) is 29.8 Å². The second-order valence-corrected chi connectivity index (χ2v) is 6.44. The molecule has 1 aromatic heterocycles. The van der Waals surface area contributed by atoms with Gasteiger partial charge in [0, 0.05) is 6.07 Å². The van der Waals surface area contributed by atoms with Crippen molar-refractivity contribution in [2.24, 2.45) is 0 Å². The molecule has 3 aromatic rings. The zero-order valence-corrected chi connectivity index (χ0v) is 15.9. The monoisotopic (exact) mass is 398 g/mol. The standard InChI is InChI=1S/C20H19FN4O4/c1-27-14-7-8-17(28-2)15(9-14)22-20(26)19-16-11-29-18(10-25(16)24-23-19)12-3-5-13(21)6-4-12/h3-9,18H,10-11H2,1-2H3,(H,22,26). The van der Waals surface area contributed by atoms with Crippen molar-refractivity contribution >= 4 is 11.6 Å². The summed E-state index contributed by atoms with van der Waals surface area (Å²) in [5.41, 5.74) is 2.04. The lowest BCUT2D eigenvalue weighted by molar-refractivity contribution is -0.00174. The largest absolute Gasteiger partial charge is 0.497 e. The molecule has 2 aromatic carbocycles. The van der Waals surface area contributed by atoms with Crippen molar-refractivity contribution in [2.45, 2.75) is 19.3 Å². The van der Waals surface area contributed by atoms with E-state index in [1.807, 2.05) is 0 Å². The van der Waals surface area contributed by atoms with Gasteiger partial charge in [-0.25, -0.2) is 9.07 Å². The van der Waals surface area contributed by atoms with Crippen LogP contribution < -0.4 is 14.8 Å². The molecule has 8 nitrogen and oxygen atoms in total. The molecule has 2 heterocycles. The van der Waals surface area contributed by atoms with Gasteiger partial charge in [0.15, 0.2) is 5.69 Å². The minimum atomic E-state index is -0.429. The van der Waals surface area contributed by atoms with Gasteiger partial charge in [0.05, 0.1) is 38.8 Å². The number of aromatic nitrogens is 3. The molecule has 0 saturated carbocycles. The summed E-state index contributed by atoms with van der Waals surface area (Å²) in [6, 6.07) is 11.2. The number of carbonyl (C=O) groups is 1. The molecule has 0 aliphatic carbocycles. The Morgan fingerprint density at radius 3 is 2.72 bits per heavy atom. The second kappa shape index (κ2) is 7.88. The Morgan fingerprint density at radius 1 is 1.21 bits per heavy atom. The number of anilines is 1. The summed E-state index contributed by atoms with van der Waals surface area (Å²) in [6.45, 7) is 0.538. The molecule has 1 unspecified atom stereocenters. The van der Waals surface area contributed by atoms with Crippen LogP contribution in [0.5, 0.6) is 11.5 Å². The number of ether oxygens (including phenoxy) is 3. The number of benzene rings is 2. The predicted molar refractivity (Wildman–Crippen MR) is 101 cm³/mol. The number of amides is 1. The molecule has 0 fully saturated rings. The molecule has 150 valence electrons. The van der Waals surface area contributed by atoms with Gasteiger partial charge in [-0.2, -0.15) is 0 Å². The first-order valence-corrected chi connectivity index (χ1v) is 8.92. The molecule has 1 N–H and O–H groups in total. The minimum absolute atomic E-state index is 0.160. The van der Waals surface area contributed by atoms with Crippen molar-refractivity contribution in [2.75, 3.05) is 19.5 Å². The SMILES string of the molecule is COc1ccc(OC)c(NC(=O)c2nnn3c2COC(c2ccc(F)cc2)C3)c1. The molecule has 0 bridgehead atoms. The number of nitrogens with one attached hydrogen (secondary N) is 1. The predicted octanol–water partition coefficient (Wildman–Crippen LogP) is 2.96. The van der Waals surface area contributed by atoms with E-state index in [2.05, 4.69) is 15.6 Å².